The van der Waals surface area contributed by atoms with E-state index in [4.69, 9.17) is 0 Å². The van der Waals surface area contributed by atoms with Crippen LogP contribution >= 0.6 is 0 Å². The first-order valence-electron chi connectivity index (χ1n) is 4.19. The fourth-order valence-electron chi connectivity index (χ4n) is 1.17. The normalized spacial score (nSPS) is 10.9. The summed E-state index contributed by atoms with van der Waals surface area (Å²) >= 11 is 0. The van der Waals surface area contributed by atoms with Crippen LogP contribution in [0.2, 0.25) is 0 Å². The molecule has 1 heteroatoms. The number of rotatable bonds is 4. The van der Waals surface area contributed by atoms with E-state index in [1.807, 2.05) is 30.3 Å². The Balaban J connectivity index is 2.95. The molecule has 0 bridgehead atoms. The van der Waals surface area contributed by atoms with Gasteiger partial charge < -0.3 is 0 Å². The van der Waals surface area contributed by atoms with E-state index in [0.29, 0.717) is 0 Å². The Hall–Kier alpha value is -1.63. The maximum atomic E-state index is 10.4. The molecule has 13 heavy (non-hydrogen) atoms. The quantitative estimate of drug-likeness (QED) is 0.388. The molecule has 0 aliphatic heterocycles. The van der Waals surface area contributed by atoms with Crippen molar-refractivity contribution in [2.45, 2.75) is 6.42 Å². The summed E-state index contributed by atoms with van der Waals surface area (Å²) in [5.41, 5.74) is 2.08. The molecule has 0 aliphatic carbocycles. The van der Waals surface area contributed by atoms with Crippen LogP contribution in [-0.4, -0.2) is 6.29 Å². The van der Waals surface area contributed by atoms with Gasteiger partial charge in [0.15, 0.2) is 0 Å². The zero-order valence-corrected chi connectivity index (χ0v) is 7.44. The van der Waals surface area contributed by atoms with E-state index in [0.717, 1.165) is 23.8 Å². The van der Waals surface area contributed by atoms with Gasteiger partial charge >= 0.3 is 0 Å². The van der Waals surface area contributed by atoms with Gasteiger partial charge in [0.2, 0.25) is 0 Å². The second-order valence-corrected chi connectivity index (χ2v) is 2.69. The van der Waals surface area contributed by atoms with E-state index in [1.165, 1.54) is 0 Å². The van der Waals surface area contributed by atoms with Crippen LogP contribution in [0.1, 0.15) is 12.0 Å². The number of hydrogen-bond acceptors (Lipinski definition) is 1. The summed E-state index contributed by atoms with van der Waals surface area (Å²) in [6.45, 7) is 3.65. The minimum Gasteiger partial charge on any atom is -0.299 e. The molecular weight excluding hydrogens is 160 g/mol. The van der Waals surface area contributed by atoms with E-state index in [1.54, 1.807) is 12.2 Å². The lowest BCUT2D eigenvalue weighted by Gasteiger charge is -2.02. The number of carbonyl (C=O) groups excluding carboxylic acids is 1. The Morgan fingerprint density at radius 3 is 2.54 bits per heavy atom. The highest BCUT2D eigenvalue weighted by Crippen LogP contribution is 2.17. The molecule has 0 spiro atoms. The summed E-state index contributed by atoms with van der Waals surface area (Å²) < 4.78 is 0. The van der Waals surface area contributed by atoms with E-state index < -0.39 is 0 Å². The van der Waals surface area contributed by atoms with Crippen LogP contribution in [0.25, 0.3) is 5.57 Å². The third-order valence-corrected chi connectivity index (χ3v) is 1.78. The molecule has 0 heterocycles. The summed E-state index contributed by atoms with van der Waals surface area (Å²) in [4.78, 5) is 10.4. The Kier molecular flexibility index (Phi) is 3.71. The lowest BCUT2D eigenvalue weighted by atomic mass is 10.0. The Bertz CT molecular complexity index is 309. The lowest BCUT2D eigenvalue weighted by Crippen LogP contribution is -1.82. The highest BCUT2D eigenvalue weighted by Gasteiger charge is 1.96. The van der Waals surface area contributed by atoms with Crippen molar-refractivity contribution < 1.29 is 4.79 Å². The molecule has 0 aliphatic rings. The molecule has 1 rings (SSSR count). The predicted molar refractivity (Wildman–Crippen MR) is 55.3 cm³/mol. The molecule has 0 fully saturated rings. The SMILES string of the molecule is C=CC/C(=C/C=O)c1ccccc1. The van der Waals surface area contributed by atoms with Crippen LogP contribution in [-0.2, 0) is 4.79 Å². The van der Waals surface area contributed by atoms with Crippen molar-refractivity contribution in [2.24, 2.45) is 0 Å². The van der Waals surface area contributed by atoms with Crippen LogP contribution in [0.15, 0.2) is 49.1 Å². The fourth-order valence-corrected chi connectivity index (χ4v) is 1.17. The average Bonchev–Trinajstić information content (AvgIpc) is 2.19. The molecule has 0 N–H and O–H groups in total. The van der Waals surface area contributed by atoms with Crippen molar-refractivity contribution in [1.82, 2.24) is 0 Å². The summed E-state index contributed by atoms with van der Waals surface area (Å²) in [6, 6.07) is 9.84. The van der Waals surface area contributed by atoms with Gasteiger partial charge in [-0.1, -0.05) is 36.4 Å². The van der Waals surface area contributed by atoms with Crippen molar-refractivity contribution in [3.63, 3.8) is 0 Å². The van der Waals surface area contributed by atoms with Gasteiger partial charge in [-0.25, -0.2) is 0 Å². The standard InChI is InChI=1S/C12H12O/c1-2-6-11(9-10-13)12-7-4-3-5-8-12/h2-5,7-10H,1,6H2/b11-9-. The maximum absolute atomic E-state index is 10.4. The number of hydrogen-bond donors (Lipinski definition) is 0. The lowest BCUT2D eigenvalue weighted by molar-refractivity contribution is -0.104. The van der Waals surface area contributed by atoms with Gasteiger partial charge in [0, 0.05) is 0 Å². The summed E-state index contributed by atoms with van der Waals surface area (Å²) in [5.74, 6) is 0. The van der Waals surface area contributed by atoms with Gasteiger partial charge in [0.05, 0.1) is 0 Å². The number of allylic oxidation sites excluding steroid dienone is 3. The average molecular weight is 172 g/mol. The molecule has 1 aromatic rings. The van der Waals surface area contributed by atoms with E-state index >= 15 is 0 Å². The van der Waals surface area contributed by atoms with Crippen LogP contribution in [0.4, 0.5) is 0 Å². The third-order valence-electron chi connectivity index (χ3n) is 1.78. The van der Waals surface area contributed by atoms with Gasteiger partial charge in [-0.3, -0.25) is 4.79 Å². The molecule has 0 atom stereocenters. The summed E-state index contributed by atoms with van der Waals surface area (Å²) in [6.07, 6.45) is 4.91. The van der Waals surface area contributed by atoms with Gasteiger partial charge in [0.25, 0.3) is 0 Å². The molecule has 0 aromatic heterocycles. The molecule has 0 radical (unpaired) electrons. The van der Waals surface area contributed by atoms with Crippen LogP contribution in [0, 0.1) is 0 Å². The number of carbonyl (C=O) groups is 1. The monoisotopic (exact) mass is 172 g/mol. The highest BCUT2D eigenvalue weighted by atomic mass is 16.1. The predicted octanol–water partition coefficient (Wildman–Crippen LogP) is 2.85. The van der Waals surface area contributed by atoms with Crippen molar-refractivity contribution in [3.05, 3.63) is 54.6 Å². The largest absolute Gasteiger partial charge is 0.299 e. The summed E-state index contributed by atoms with van der Waals surface area (Å²) in [5, 5.41) is 0. The zero-order valence-electron chi connectivity index (χ0n) is 7.44. The number of aldehydes is 1. The second kappa shape index (κ2) is 5.09. The minimum absolute atomic E-state index is 0.725. The van der Waals surface area contributed by atoms with Gasteiger partial charge in [0.1, 0.15) is 6.29 Å². The second-order valence-electron chi connectivity index (χ2n) is 2.69. The first kappa shape index (κ1) is 9.46. The van der Waals surface area contributed by atoms with Crippen LogP contribution < -0.4 is 0 Å². The summed E-state index contributed by atoms with van der Waals surface area (Å²) in [7, 11) is 0. The number of benzene rings is 1. The fraction of sp³-hybridized carbons (Fsp3) is 0.0833. The molecule has 0 unspecified atom stereocenters. The maximum Gasteiger partial charge on any atom is 0.143 e. The van der Waals surface area contributed by atoms with E-state index in [2.05, 4.69) is 6.58 Å². The van der Waals surface area contributed by atoms with Gasteiger partial charge in [-0.15, -0.1) is 6.58 Å². The van der Waals surface area contributed by atoms with Gasteiger partial charge in [-0.2, -0.15) is 0 Å². The Morgan fingerprint density at radius 2 is 2.00 bits per heavy atom. The van der Waals surface area contributed by atoms with Crippen molar-refractivity contribution in [1.29, 1.82) is 0 Å². The van der Waals surface area contributed by atoms with Crippen molar-refractivity contribution in [2.75, 3.05) is 0 Å². The van der Waals surface area contributed by atoms with Crippen molar-refractivity contribution >= 4 is 11.9 Å². The molecule has 0 saturated heterocycles. The first-order valence-corrected chi connectivity index (χ1v) is 4.19. The molecule has 0 amide bonds. The molecule has 66 valence electrons. The van der Waals surface area contributed by atoms with Crippen LogP contribution in [0.5, 0.6) is 0 Å². The first-order chi connectivity index (χ1) is 6.38. The zero-order chi connectivity index (χ0) is 9.52. The van der Waals surface area contributed by atoms with E-state index in [9.17, 15) is 4.79 Å². The van der Waals surface area contributed by atoms with Gasteiger partial charge in [-0.05, 0) is 23.6 Å². The molecule has 0 saturated carbocycles. The highest BCUT2D eigenvalue weighted by molar-refractivity contribution is 5.81. The molecule has 1 nitrogen and oxygen atoms in total. The minimum atomic E-state index is 0.725. The Morgan fingerprint density at radius 1 is 1.31 bits per heavy atom. The molecular formula is C12H12O. The smallest absolute Gasteiger partial charge is 0.143 e. The Labute approximate surface area is 78.4 Å². The van der Waals surface area contributed by atoms with E-state index in [-0.39, 0.29) is 0 Å². The third kappa shape index (κ3) is 2.71. The molecule has 1 aromatic carbocycles. The topological polar surface area (TPSA) is 17.1 Å². The van der Waals surface area contributed by atoms with Crippen LogP contribution in [0.3, 0.4) is 0 Å². The van der Waals surface area contributed by atoms with Crippen molar-refractivity contribution in [3.8, 4) is 0 Å².